The predicted octanol–water partition coefficient (Wildman–Crippen LogP) is -1.82. The fraction of sp³-hybridized carbons (Fsp3) is 0.600. The Bertz CT molecular complexity index is 374. The Morgan fingerprint density at radius 2 is 2.29 bits per heavy atom. The van der Waals surface area contributed by atoms with Crippen LogP contribution in [0.25, 0.3) is 0 Å². The van der Waals surface area contributed by atoms with E-state index in [1.807, 2.05) is 6.92 Å². The van der Waals surface area contributed by atoms with Gasteiger partial charge in [0.25, 0.3) is 0 Å². The lowest BCUT2D eigenvalue weighted by atomic mass is 10.2. The molecule has 0 unspecified atom stereocenters. The number of hydrogen-bond donors (Lipinski definition) is 4. The molecule has 7 nitrogen and oxygen atoms in total. The van der Waals surface area contributed by atoms with Crippen molar-refractivity contribution in [3.63, 3.8) is 0 Å². The topological polar surface area (TPSA) is 116 Å². The van der Waals surface area contributed by atoms with Gasteiger partial charge < -0.3 is 25.0 Å². The van der Waals surface area contributed by atoms with Gasteiger partial charge in [0.05, 0.1) is 13.2 Å². The van der Waals surface area contributed by atoms with E-state index in [4.69, 9.17) is 20.1 Å². The first-order valence-corrected chi connectivity index (χ1v) is 5.14. The molecule has 0 aliphatic carbocycles. The SMILES string of the molecule is Cc1cnc(=O)[nH]c1.OC[C@H]1OC[C@H](O)[C@@H]1O. The smallest absolute Gasteiger partial charge is 0.344 e. The highest BCUT2D eigenvalue weighted by molar-refractivity contribution is 4.97. The van der Waals surface area contributed by atoms with Crippen molar-refractivity contribution in [2.75, 3.05) is 13.2 Å². The summed E-state index contributed by atoms with van der Waals surface area (Å²) in [5.74, 6) is 0. The molecule has 1 fully saturated rings. The van der Waals surface area contributed by atoms with E-state index < -0.39 is 18.3 Å². The van der Waals surface area contributed by atoms with Crippen molar-refractivity contribution in [1.29, 1.82) is 0 Å². The zero-order valence-electron chi connectivity index (χ0n) is 9.41. The molecule has 0 radical (unpaired) electrons. The Morgan fingerprint density at radius 3 is 2.59 bits per heavy atom. The van der Waals surface area contributed by atoms with E-state index in [1.165, 1.54) is 6.20 Å². The summed E-state index contributed by atoms with van der Waals surface area (Å²) in [5.41, 5.74) is 0.667. The number of rotatable bonds is 1. The Balaban J connectivity index is 0.000000171. The maximum atomic E-state index is 10.3. The molecule has 2 rings (SSSR count). The molecule has 7 heteroatoms. The number of H-pyrrole nitrogens is 1. The van der Waals surface area contributed by atoms with Crippen LogP contribution in [-0.2, 0) is 4.74 Å². The van der Waals surface area contributed by atoms with Gasteiger partial charge in [0.2, 0.25) is 0 Å². The van der Waals surface area contributed by atoms with E-state index in [2.05, 4.69) is 9.97 Å². The van der Waals surface area contributed by atoms with Gasteiger partial charge in [-0.1, -0.05) is 0 Å². The van der Waals surface area contributed by atoms with E-state index in [0.29, 0.717) is 0 Å². The van der Waals surface area contributed by atoms with Crippen LogP contribution in [0.15, 0.2) is 17.2 Å². The molecule has 1 aromatic heterocycles. The molecule has 0 amide bonds. The number of aryl methyl sites for hydroxylation is 1. The van der Waals surface area contributed by atoms with Crippen LogP contribution >= 0.6 is 0 Å². The Morgan fingerprint density at radius 1 is 1.59 bits per heavy atom. The zero-order valence-corrected chi connectivity index (χ0v) is 9.41. The molecule has 0 aromatic carbocycles. The number of hydrogen-bond acceptors (Lipinski definition) is 6. The number of aromatic nitrogens is 2. The molecule has 4 N–H and O–H groups in total. The van der Waals surface area contributed by atoms with Gasteiger partial charge in [-0.25, -0.2) is 9.78 Å². The molecular formula is C10H16N2O5. The largest absolute Gasteiger partial charge is 0.394 e. The first kappa shape index (κ1) is 13.8. The molecule has 0 spiro atoms. The lowest BCUT2D eigenvalue weighted by Gasteiger charge is -2.10. The van der Waals surface area contributed by atoms with Crippen LogP contribution in [0.4, 0.5) is 0 Å². The van der Waals surface area contributed by atoms with Crippen LogP contribution in [0, 0.1) is 6.92 Å². The third kappa shape index (κ3) is 4.23. The maximum Gasteiger partial charge on any atom is 0.344 e. The van der Waals surface area contributed by atoms with E-state index in [1.54, 1.807) is 6.20 Å². The van der Waals surface area contributed by atoms with Gasteiger partial charge in [0.15, 0.2) is 0 Å². The Kier molecular flexibility index (Phi) is 5.23. The van der Waals surface area contributed by atoms with E-state index in [9.17, 15) is 4.79 Å². The van der Waals surface area contributed by atoms with Crippen molar-refractivity contribution >= 4 is 0 Å². The predicted molar refractivity (Wildman–Crippen MR) is 58.4 cm³/mol. The number of nitrogens with one attached hydrogen (secondary N) is 1. The summed E-state index contributed by atoms with van der Waals surface area (Å²) >= 11 is 0. The first-order valence-electron chi connectivity index (χ1n) is 5.14. The molecule has 96 valence electrons. The maximum absolute atomic E-state index is 10.3. The molecule has 1 aliphatic heterocycles. The van der Waals surface area contributed by atoms with Crippen LogP contribution in [0.1, 0.15) is 5.56 Å². The minimum absolute atomic E-state index is 0.117. The summed E-state index contributed by atoms with van der Waals surface area (Å²) in [6.45, 7) is 1.74. The average molecular weight is 244 g/mol. The van der Waals surface area contributed by atoms with Gasteiger partial charge in [0, 0.05) is 12.4 Å². The molecule has 0 saturated carbocycles. The van der Waals surface area contributed by atoms with Crippen LogP contribution < -0.4 is 5.69 Å². The molecular weight excluding hydrogens is 228 g/mol. The van der Waals surface area contributed by atoms with Gasteiger partial charge in [-0.15, -0.1) is 0 Å². The Hall–Kier alpha value is -1.28. The highest BCUT2D eigenvalue weighted by Crippen LogP contribution is 2.12. The van der Waals surface area contributed by atoms with E-state index in [-0.39, 0.29) is 18.9 Å². The van der Waals surface area contributed by atoms with Crippen molar-refractivity contribution in [3.05, 3.63) is 28.4 Å². The highest BCUT2D eigenvalue weighted by atomic mass is 16.5. The minimum Gasteiger partial charge on any atom is -0.394 e. The summed E-state index contributed by atoms with van der Waals surface area (Å²) in [4.78, 5) is 16.2. The fourth-order valence-corrected chi connectivity index (χ4v) is 1.24. The highest BCUT2D eigenvalue weighted by Gasteiger charge is 2.33. The van der Waals surface area contributed by atoms with Crippen LogP contribution in [-0.4, -0.2) is 56.8 Å². The third-order valence-corrected chi connectivity index (χ3v) is 2.24. The normalized spacial score (nSPS) is 27.4. The molecule has 1 aliphatic rings. The molecule has 3 atom stereocenters. The summed E-state index contributed by atoms with van der Waals surface area (Å²) in [5, 5.41) is 26.2. The summed E-state index contributed by atoms with van der Waals surface area (Å²) in [7, 11) is 0. The van der Waals surface area contributed by atoms with Gasteiger partial charge in [0.1, 0.15) is 18.3 Å². The number of aromatic amines is 1. The lowest BCUT2D eigenvalue weighted by Crippen LogP contribution is -2.31. The number of ether oxygens (including phenoxy) is 1. The van der Waals surface area contributed by atoms with Gasteiger partial charge in [-0.2, -0.15) is 0 Å². The molecule has 17 heavy (non-hydrogen) atoms. The van der Waals surface area contributed by atoms with Gasteiger partial charge in [-0.05, 0) is 12.5 Å². The second-order valence-electron chi connectivity index (χ2n) is 3.71. The van der Waals surface area contributed by atoms with Gasteiger partial charge >= 0.3 is 5.69 Å². The molecule has 2 heterocycles. The van der Waals surface area contributed by atoms with Crippen molar-refractivity contribution in [2.24, 2.45) is 0 Å². The number of nitrogens with zero attached hydrogens (tertiary/aromatic N) is 1. The second kappa shape index (κ2) is 6.45. The van der Waals surface area contributed by atoms with Crippen molar-refractivity contribution in [2.45, 2.75) is 25.2 Å². The quantitative estimate of drug-likeness (QED) is 0.462. The summed E-state index contributed by atoms with van der Waals surface area (Å²) in [6.07, 6.45) is 0.797. The van der Waals surface area contributed by atoms with Crippen molar-refractivity contribution in [3.8, 4) is 0 Å². The summed E-state index contributed by atoms with van der Waals surface area (Å²) in [6, 6.07) is 0. The number of aliphatic hydroxyl groups is 3. The Labute approximate surface area is 97.7 Å². The minimum atomic E-state index is -0.921. The lowest BCUT2D eigenvalue weighted by molar-refractivity contribution is -0.00588. The third-order valence-electron chi connectivity index (χ3n) is 2.24. The number of aliphatic hydroxyl groups excluding tert-OH is 3. The molecule has 1 saturated heterocycles. The average Bonchev–Trinajstić information content (AvgIpc) is 2.64. The van der Waals surface area contributed by atoms with Crippen molar-refractivity contribution < 1.29 is 20.1 Å². The zero-order chi connectivity index (χ0) is 12.8. The summed E-state index contributed by atoms with van der Waals surface area (Å²) < 4.78 is 4.78. The van der Waals surface area contributed by atoms with E-state index >= 15 is 0 Å². The second-order valence-corrected chi connectivity index (χ2v) is 3.71. The van der Waals surface area contributed by atoms with Crippen LogP contribution in [0.3, 0.4) is 0 Å². The van der Waals surface area contributed by atoms with Crippen LogP contribution in [0.2, 0.25) is 0 Å². The molecule has 1 aromatic rings. The molecule has 0 bridgehead atoms. The van der Waals surface area contributed by atoms with Crippen molar-refractivity contribution in [1.82, 2.24) is 9.97 Å². The fourth-order valence-electron chi connectivity index (χ4n) is 1.24. The van der Waals surface area contributed by atoms with E-state index in [0.717, 1.165) is 5.56 Å². The standard InChI is InChI=1S/C5H6N2O.C5H10O4/c1-4-2-6-5(8)7-3-4;6-1-4-5(8)3(7)2-9-4/h2-3H,1H3,(H,6,7,8);3-8H,1-2H2/t;3-,4+,5-/m.0/s1. The monoisotopic (exact) mass is 244 g/mol. The van der Waals surface area contributed by atoms with Crippen LogP contribution in [0.5, 0.6) is 0 Å². The first-order chi connectivity index (χ1) is 8.04. The van der Waals surface area contributed by atoms with Gasteiger partial charge in [-0.3, -0.25) is 0 Å².